The number of nitro groups is 1. The Hall–Kier alpha value is -2.62. The van der Waals surface area contributed by atoms with Gasteiger partial charge in [0.25, 0.3) is 11.6 Å². The van der Waals surface area contributed by atoms with Gasteiger partial charge in [0, 0.05) is 31.3 Å². The number of rotatable bonds is 6. The van der Waals surface area contributed by atoms with E-state index in [0.29, 0.717) is 17.8 Å². The molecule has 1 amide bonds. The van der Waals surface area contributed by atoms with Crippen LogP contribution in [0.5, 0.6) is 0 Å². The summed E-state index contributed by atoms with van der Waals surface area (Å²) in [5.74, 6) is -0.290. The van der Waals surface area contributed by atoms with Crippen molar-refractivity contribution in [2.75, 3.05) is 18.5 Å². The zero-order valence-corrected chi connectivity index (χ0v) is 11.7. The molecule has 7 nitrogen and oxygen atoms in total. The summed E-state index contributed by atoms with van der Waals surface area (Å²) >= 11 is 0. The lowest BCUT2D eigenvalue weighted by molar-refractivity contribution is -0.384. The molecule has 0 radical (unpaired) electrons. The summed E-state index contributed by atoms with van der Waals surface area (Å²) in [7, 11) is 1.51. The molecule has 0 atom stereocenters. The molecule has 21 heavy (non-hydrogen) atoms. The fraction of sp³-hybridized carbons (Fsp3) is 0.429. The van der Waals surface area contributed by atoms with Crippen molar-refractivity contribution in [2.24, 2.45) is 0 Å². The first-order chi connectivity index (χ1) is 10.1. The maximum atomic E-state index is 11.7. The number of carbonyl (C=O) groups excluding carboxylic acids is 1. The summed E-state index contributed by atoms with van der Waals surface area (Å²) in [5, 5.41) is 22.5. The van der Waals surface area contributed by atoms with Crippen molar-refractivity contribution in [3.05, 3.63) is 33.9 Å². The molecule has 0 spiro atoms. The highest BCUT2D eigenvalue weighted by atomic mass is 16.6. The Balaban J connectivity index is 2.43. The lowest BCUT2D eigenvalue weighted by atomic mass is 10.1. The van der Waals surface area contributed by atoms with Crippen LogP contribution in [0.2, 0.25) is 0 Å². The van der Waals surface area contributed by atoms with Crippen LogP contribution in [0.4, 0.5) is 11.4 Å². The first kappa shape index (κ1) is 14.8. The van der Waals surface area contributed by atoms with Gasteiger partial charge in [0.15, 0.2) is 0 Å². The molecular weight excluding hydrogens is 272 g/mol. The number of nitrogens with zero attached hydrogens (tertiary/aromatic N) is 3. The monoisotopic (exact) mass is 288 g/mol. The smallest absolute Gasteiger partial charge is 0.292 e. The SMILES string of the molecule is CNC(=O)c1ccc([N+](=O)[O-])c(N(CCC#N)C2CC2)c1. The number of benzene rings is 1. The minimum Gasteiger partial charge on any atom is -0.362 e. The lowest BCUT2D eigenvalue weighted by Gasteiger charge is -2.23. The van der Waals surface area contributed by atoms with Gasteiger partial charge in [0.05, 0.1) is 17.4 Å². The van der Waals surface area contributed by atoms with Gasteiger partial charge in [-0.25, -0.2) is 0 Å². The third-order valence-electron chi connectivity index (χ3n) is 3.42. The normalized spacial score (nSPS) is 13.3. The highest BCUT2D eigenvalue weighted by Crippen LogP contribution is 2.37. The van der Waals surface area contributed by atoms with Crippen LogP contribution in [0.15, 0.2) is 18.2 Å². The van der Waals surface area contributed by atoms with Crippen LogP contribution in [-0.2, 0) is 0 Å². The van der Waals surface area contributed by atoms with Crippen LogP contribution in [0.1, 0.15) is 29.6 Å². The standard InChI is InChI=1S/C14H16N4O3/c1-16-14(19)10-3-6-12(18(20)21)13(9-10)17(8-2-7-15)11-4-5-11/h3,6,9,11H,2,4-5,8H2,1H3,(H,16,19). The van der Waals surface area contributed by atoms with E-state index in [2.05, 4.69) is 11.4 Å². The lowest BCUT2D eigenvalue weighted by Crippen LogP contribution is -2.28. The summed E-state index contributed by atoms with van der Waals surface area (Å²) in [6.45, 7) is 0.430. The molecule has 0 unspecified atom stereocenters. The van der Waals surface area contributed by atoms with Crippen molar-refractivity contribution in [3.63, 3.8) is 0 Å². The van der Waals surface area contributed by atoms with Crippen molar-refractivity contribution in [2.45, 2.75) is 25.3 Å². The van der Waals surface area contributed by atoms with Crippen LogP contribution in [-0.4, -0.2) is 30.5 Å². The van der Waals surface area contributed by atoms with Gasteiger partial charge in [-0.05, 0) is 25.0 Å². The Labute approximate surface area is 122 Å². The summed E-state index contributed by atoms with van der Waals surface area (Å²) in [4.78, 5) is 24.3. The molecule has 0 bridgehead atoms. The number of anilines is 1. The maximum Gasteiger partial charge on any atom is 0.292 e. The van der Waals surface area contributed by atoms with E-state index >= 15 is 0 Å². The van der Waals surface area contributed by atoms with Gasteiger partial charge in [-0.1, -0.05) is 0 Å². The van der Waals surface area contributed by atoms with Crippen molar-refractivity contribution in [1.29, 1.82) is 5.26 Å². The highest BCUT2D eigenvalue weighted by molar-refractivity contribution is 5.95. The Morgan fingerprint density at radius 1 is 1.57 bits per heavy atom. The van der Waals surface area contributed by atoms with E-state index in [0.717, 1.165) is 12.8 Å². The molecule has 0 aliphatic heterocycles. The Morgan fingerprint density at radius 3 is 2.81 bits per heavy atom. The molecule has 110 valence electrons. The molecule has 0 saturated heterocycles. The van der Waals surface area contributed by atoms with E-state index in [1.807, 2.05) is 4.90 Å². The molecule has 1 aromatic carbocycles. The average molecular weight is 288 g/mol. The molecule has 0 heterocycles. The second-order valence-corrected chi connectivity index (χ2v) is 4.87. The average Bonchev–Trinajstić information content (AvgIpc) is 3.31. The Kier molecular flexibility index (Phi) is 4.38. The second-order valence-electron chi connectivity index (χ2n) is 4.87. The fourth-order valence-corrected chi connectivity index (χ4v) is 2.25. The van der Waals surface area contributed by atoms with E-state index < -0.39 is 4.92 Å². The van der Waals surface area contributed by atoms with Crippen molar-refractivity contribution >= 4 is 17.3 Å². The summed E-state index contributed by atoms with van der Waals surface area (Å²) in [6, 6.07) is 6.60. The predicted molar refractivity (Wildman–Crippen MR) is 77.1 cm³/mol. The first-order valence-corrected chi connectivity index (χ1v) is 6.72. The van der Waals surface area contributed by atoms with Crippen LogP contribution in [0.3, 0.4) is 0 Å². The van der Waals surface area contributed by atoms with Crippen LogP contribution < -0.4 is 10.2 Å². The quantitative estimate of drug-likeness (QED) is 0.636. The number of nitriles is 1. The minimum absolute atomic E-state index is 0.0347. The van der Waals surface area contributed by atoms with Crippen LogP contribution in [0.25, 0.3) is 0 Å². The maximum absolute atomic E-state index is 11.7. The van der Waals surface area contributed by atoms with Gasteiger partial charge in [-0.2, -0.15) is 5.26 Å². The Morgan fingerprint density at radius 2 is 2.29 bits per heavy atom. The van der Waals surface area contributed by atoms with Gasteiger partial charge in [-0.15, -0.1) is 0 Å². The van der Waals surface area contributed by atoms with E-state index in [1.165, 1.54) is 25.2 Å². The second kappa shape index (κ2) is 6.22. The van der Waals surface area contributed by atoms with E-state index in [9.17, 15) is 14.9 Å². The van der Waals surface area contributed by atoms with Gasteiger partial charge >= 0.3 is 0 Å². The van der Waals surface area contributed by atoms with Gasteiger partial charge < -0.3 is 10.2 Å². The van der Waals surface area contributed by atoms with E-state index in [-0.39, 0.29) is 24.1 Å². The van der Waals surface area contributed by atoms with Gasteiger partial charge in [0.2, 0.25) is 0 Å². The third-order valence-corrected chi connectivity index (χ3v) is 3.42. The molecule has 1 fully saturated rings. The molecule has 1 aliphatic rings. The molecule has 0 aromatic heterocycles. The van der Waals surface area contributed by atoms with Gasteiger partial charge in [-0.3, -0.25) is 14.9 Å². The van der Waals surface area contributed by atoms with Crippen molar-refractivity contribution in [1.82, 2.24) is 5.32 Å². The largest absolute Gasteiger partial charge is 0.362 e. The molecule has 1 aliphatic carbocycles. The summed E-state index contributed by atoms with van der Waals surface area (Å²) in [6.07, 6.45) is 2.19. The van der Waals surface area contributed by atoms with E-state index in [4.69, 9.17) is 5.26 Å². The minimum atomic E-state index is -0.454. The Bertz CT molecular complexity index is 605. The van der Waals surface area contributed by atoms with Crippen molar-refractivity contribution < 1.29 is 9.72 Å². The first-order valence-electron chi connectivity index (χ1n) is 6.72. The number of carbonyl (C=O) groups is 1. The number of hydrogen-bond acceptors (Lipinski definition) is 5. The van der Waals surface area contributed by atoms with E-state index in [1.54, 1.807) is 0 Å². The zero-order chi connectivity index (χ0) is 15.4. The fourth-order valence-electron chi connectivity index (χ4n) is 2.25. The summed E-state index contributed by atoms with van der Waals surface area (Å²) < 4.78 is 0. The molecule has 1 aromatic rings. The number of nitrogens with one attached hydrogen (secondary N) is 1. The molecule has 1 N–H and O–H groups in total. The third kappa shape index (κ3) is 3.28. The molecular formula is C14H16N4O3. The predicted octanol–water partition coefficient (Wildman–Crippen LogP) is 1.84. The number of amides is 1. The topological polar surface area (TPSA) is 99.3 Å². The highest BCUT2D eigenvalue weighted by Gasteiger charge is 2.33. The zero-order valence-electron chi connectivity index (χ0n) is 11.7. The molecule has 7 heteroatoms. The van der Waals surface area contributed by atoms with Crippen LogP contribution in [0, 0.1) is 21.4 Å². The number of nitro benzene ring substituents is 1. The number of hydrogen-bond donors (Lipinski definition) is 1. The molecule has 2 rings (SSSR count). The van der Waals surface area contributed by atoms with Crippen LogP contribution >= 0.6 is 0 Å². The van der Waals surface area contributed by atoms with Crippen molar-refractivity contribution in [3.8, 4) is 6.07 Å². The van der Waals surface area contributed by atoms with Gasteiger partial charge in [0.1, 0.15) is 5.69 Å². The molecule has 1 saturated carbocycles. The summed E-state index contributed by atoms with van der Waals surface area (Å²) in [5.41, 5.74) is 0.757.